The van der Waals surface area contributed by atoms with Crippen molar-refractivity contribution in [2.45, 2.75) is 26.7 Å². The fourth-order valence-electron chi connectivity index (χ4n) is 1.34. The molecule has 0 unspecified atom stereocenters. The van der Waals surface area contributed by atoms with Crippen LogP contribution in [0.15, 0.2) is 23.3 Å². The van der Waals surface area contributed by atoms with Crippen LogP contribution in [0.3, 0.4) is 0 Å². The Hall–Kier alpha value is -1.38. The highest BCUT2D eigenvalue weighted by Crippen LogP contribution is 2.03. The maximum absolute atomic E-state index is 11.6. The van der Waals surface area contributed by atoms with E-state index in [0.717, 1.165) is 12.0 Å². The van der Waals surface area contributed by atoms with Crippen molar-refractivity contribution in [2.24, 2.45) is 10.7 Å². The van der Waals surface area contributed by atoms with E-state index in [1.807, 2.05) is 19.9 Å². The molecule has 0 aliphatic heterocycles. The zero-order chi connectivity index (χ0) is 14.1. The molecule has 0 aromatic carbocycles. The van der Waals surface area contributed by atoms with Crippen LogP contribution in [0.25, 0.3) is 0 Å². The van der Waals surface area contributed by atoms with E-state index in [0.29, 0.717) is 31.3 Å². The first-order valence-corrected chi connectivity index (χ1v) is 6.38. The Morgan fingerprint density at radius 2 is 2.20 bits per heavy atom. The first kappa shape index (κ1) is 18.6. The van der Waals surface area contributed by atoms with Crippen LogP contribution >= 0.6 is 24.0 Å². The van der Waals surface area contributed by atoms with Gasteiger partial charge < -0.3 is 16.4 Å². The number of anilines is 1. The Labute approximate surface area is 136 Å². The van der Waals surface area contributed by atoms with Crippen LogP contribution in [0, 0.1) is 6.92 Å². The number of hydrogen-bond donors (Lipinski definition) is 3. The molecule has 1 rings (SSSR count). The molecule has 1 heterocycles. The van der Waals surface area contributed by atoms with Crippen LogP contribution in [0.1, 0.15) is 25.3 Å². The van der Waals surface area contributed by atoms with Crippen LogP contribution in [-0.4, -0.2) is 29.9 Å². The highest BCUT2D eigenvalue weighted by molar-refractivity contribution is 14.0. The predicted molar refractivity (Wildman–Crippen MR) is 92.4 cm³/mol. The first-order chi connectivity index (χ1) is 9.11. The molecule has 0 spiro atoms. The molecule has 0 fully saturated rings. The average molecular weight is 391 g/mol. The molecule has 7 heteroatoms. The number of nitrogens with two attached hydrogens (primary N) is 1. The number of amides is 1. The third-order valence-corrected chi connectivity index (χ3v) is 2.34. The number of aryl methyl sites for hydroxylation is 1. The van der Waals surface area contributed by atoms with Crippen molar-refractivity contribution in [3.05, 3.63) is 23.9 Å². The summed E-state index contributed by atoms with van der Waals surface area (Å²) in [6.07, 6.45) is 2.98. The summed E-state index contributed by atoms with van der Waals surface area (Å²) in [4.78, 5) is 19.8. The highest BCUT2D eigenvalue weighted by atomic mass is 127. The molecule has 0 saturated carbocycles. The fraction of sp³-hybridized carbons (Fsp3) is 0.462. The zero-order valence-corrected chi connectivity index (χ0v) is 14.2. The molecule has 112 valence electrons. The Kier molecular flexibility index (Phi) is 9.69. The third kappa shape index (κ3) is 7.93. The number of carbonyl (C=O) groups is 1. The third-order valence-electron chi connectivity index (χ3n) is 2.34. The number of aliphatic imine (C=N–C) groups is 1. The maximum atomic E-state index is 11.6. The lowest BCUT2D eigenvalue weighted by Gasteiger charge is -2.06. The number of pyridine rings is 1. The van der Waals surface area contributed by atoms with E-state index >= 15 is 0 Å². The van der Waals surface area contributed by atoms with Gasteiger partial charge in [-0.05, 0) is 25.0 Å². The molecular formula is C13H22IN5O. The molecular weight excluding hydrogens is 369 g/mol. The van der Waals surface area contributed by atoms with Crippen molar-refractivity contribution in [3.63, 3.8) is 0 Å². The monoisotopic (exact) mass is 391 g/mol. The van der Waals surface area contributed by atoms with E-state index in [2.05, 4.69) is 20.6 Å². The topological polar surface area (TPSA) is 92.4 Å². The first-order valence-electron chi connectivity index (χ1n) is 6.38. The summed E-state index contributed by atoms with van der Waals surface area (Å²) in [5.41, 5.74) is 6.67. The van der Waals surface area contributed by atoms with Crippen molar-refractivity contribution in [1.29, 1.82) is 0 Å². The number of aromatic nitrogens is 1. The Morgan fingerprint density at radius 1 is 1.45 bits per heavy atom. The number of carbonyl (C=O) groups excluding carboxylic acids is 1. The summed E-state index contributed by atoms with van der Waals surface area (Å²) >= 11 is 0. The smallest absolute Gasteiger partial charge is 0.227 e. The van der Waals surface area contributed by atoms with Gasteiger partial charge in [0.1, 0.15) is 5.82 Å². The van der Waals surface area contributed by atoms with E-state index in [9.17, 15) is 4.79 Å². The molecule has 1 aromatic rings. The minimum absolute atomic E-state index is 0. The van der Waals surface area contributed by atoms with Gasteiger partial charge in [-0.1, -0.05) is 13.0 Å². The average Bonchev–Trinajstić information content (AvgIpc) is 2.39. The summed E-state index contributed by atoms with van der Waals surface area (Å²) in [6, 6.07) is 3.67. The van der Waals surface area contributed by atoms with E-state index in [4.69, 9.17) is 5.73 Å². The van der Waals surface area contributed by atoms with Gasteiger partial charge in [0.05, 0.1) is 0 Å². The molecule has 4 N–H and O–H groups in total. The quantitative estimate of drug-likeness (QED) is 0.391. The minimum Gasteiger partial charge on any atom is -0.370 e. The van der Waals surface area contributed by atoms with Crippen LogP contribution in [0.4, 0.5) is 5.82 Å². The Bertz CT molecular complexity index is 433. The van der Waals surface area contributed by atoms with Gasteiger partial charge >= 0.3 is 0 Å². The second-order valence-corrected chi connectivity index (χ2v) is 4.21. The summed E-state index contributed by atoms with van der Waals surface area (Å²) in [5.74, 6) is 0.832. The molecule has 0 atom stereocenters. The number of guanidine groups is 1. The van der Waals surface area contributed by atoms with Gasteiger partial charge in [-0.2, -0.15) is 0 Å². The minimum atomic E-state index is -0.104. The summed E-state index contributed by atoms with van der Waals surface area (Å²) in [7, 11) is 0. The number of rotatable bonds is 6. The van der Waals surface area contributed by atoms with Gasteiger partial charge in [0.25, 0.3) is 0 Å². The van der Waals surface area contributed by atoms with E-state index < -0.39 is 0 Å². The van der Waals surface area contributed by atoms with E-state index in [-0.39, 0.29) is 29.9 Å². The van der Waals surface area contributed by atoms with Gasteiger partial charge in [-0.25, -0.2) is 4.98 Å². The van der Waals surface area contributed by atoms with Crippen molar-refractivity contribution in [3.8, 4) is 0 Å². The molecule has 1 amide bonds. The summed E-state index contributed by atoms with van der Waals surface area (Å²) in [6.45, 7) is 5.12. The molecule has 0 aliphatic carbocycles. The normalized spacial score (nSPS) is 10.6. The second kappa shape index (κ2) is 10.4. The zero-order valence-electron chi connectivity index (χ0n) is 11.8. The van der Waals surface area contributed by atoms with Crippen LogP contribution < -0.4 is 16.4 Å². The maximum Gasteiger partial charge on any atom is 0.227 e. The van der Waals surface area contributed by atoms with Gasteiger partial charge in [0.2, 0.25) is 5.91 Å². The molecule has 0 aliphatic rings. The van der Waals surface area contributed by atoms with Crippen LogP contribution in [-0.2, 0) is 4.79 Å². The van der Waals surface area contributed by atoms with Crippen LogP contribution in [0.2, 0.25) is 0 Å². The van der Waals surface area contributed by atoms with Crippen molar-refractivity contribution < 1.29 is 4.79 Å². The lowest BCUT2D eigenvalue weighted by molar-refractivity contribution is -0.116. The molecule has 6 nitrogen and oxygen atoms in total. The SMILES string of the molecule is CCCN=C(N)NCCC(=O)Nc1ccc(C)cn1.I. The summed E-state index contributed by atoms with van der Waals surface area (Å²) < 4.78 is 0. The van der Waals surface area contributed by atoms with Crippen molar-refractivity contribution >= 4 is 41.7 Å². The lowest BCUT2D eigenvalue weighted by atomic mass is 10.3. The number of nitrogens with zero attached hydrogens (tertiary/aromatic N) is 2. The number of nitrogens with one attached hydrogen (secondary N) is 2. The largest absolute Gasteiger partial charge is 0.370 e. The number of halogens is 1. The predicted octanol–water partition coefficient (Wildman–Crippen LogP) is 1.65. The standard InChI is InChI=1S/C13H21N5O.HI/c1-3-7-15-13(14)16-8-6-12(19)18-11-5-4-10(2)9-17-11;/h4-5,9H,3,6-8H2,1-2H3,(H3,14,15,16)(H,17,18,19);1H. The van der Waals surface area contributed by atoms with E-state index in [1.54, 1.807) is 12.3 Å². The molecule has 0 saturated heterocycles. The molecule has 1 aromatic heterocycles. The summed E-state index contributed by atoms with van der Waals surface area (Å²) in [5, 5.41) is 5.61. The molecule has 0 bridgehead atoms. The van der Waals surface area contributed by atoms with Crippen LogP contribution in [0.5, 0.6) is 0 Å². The van der Waals surface area contributed by atoms with Crippen molar-refractivity contribution in [1.82, 2.24) is 10.3 Å². The van der Waals surface area contributed by atoms with Gasteiger partial charge in [0.15, 0.2) is 5.96 Å². The van der Waals surface area contributed by atoms with Gasteiger partial charge in [-0.15, -0.1) is 24.0 Å². The van der Waals surface area contributed by atoms with Gasteiger partial charge in [0, 0.05) is 25.7 Å². The highest BCUT2D eigenvalue weighted by Gasteiger charge is 2.03. The van der Waals surface area contributed by atoms with E-state index in [1.165, 1.54) is 0 Å². The lowest BCUT2D eigenvalue weighted by Crippen LogP contribution is -2.34. The second-order valence-electron chi connectivity index (χ2n) is 4.21. The Morgan fingerprint density at radius 3 is 2.80 bits per heavy atom. The number of hydrogen-bond acceptors (Lipinski definition) is 3. The van der Waals surface area contributed by atoms with Gasteiger partial charge in [-0.3, -0.25) is 9.79 Å². The molecule has 20 heavy (non-hydrogen) atoms. The van der Waals surface area contributed by atoms with Crippen molar-refractivity contribution in [2.75, 3.05) is 18.4 Å². The Balaban J connectivity index is 0.00000361. The fourth-order valence-corrected chi connectivity index (χ4v) is 1.34. The molecule has 0 radical (unpaired) electrons.